The third-order valence-electron chi connectivity index (χ3n) is 2.52. The Kier molecular flexibility index (Phi) is 5.21. The standard InChI is InChI=1S/C11H16N2O4S/c1-3-7-9(6(2)17-13-7)10(14)12-8(4-5-18)11(15)16/h8,18H,3-5H2,1-2H3,(H,12,14)(H,15,16). The van der Waals surface area contributed by atoms with Gasteiger partial charge in [0.15, 0.2) is 0 Å². The summed E-state index contributed by atoms with van der Waals surface area (Å²) < 4.78 is 4.94. The maximum atomic E-state index is 12.0. The van der Waals surface area contributed by atoms with Crippen LogP contribution in [0, 0.1) is 6.92 Å². The lowest BCUT2D eigenvalue weighted by molar-refractivity contribution is -0.139. The average molecular weight is 272 g/mol. The van der Waals surface area contributed by atoms with Gasteiger partial charge in [0.05, 0.1) is 5.69 Å². The number of aromatic nitrogens is 1. The summed E-state index contributed by atoms with van der Waals surface area (Å²) in [4.78, 5) is 22.9. The maximum Gasteiger partial charge on any atom is 0.326 e. The van der Waals surface area contributed by atoms with Crippen molar-refractivity contribution in [1.82, 2.24) is 10.5 Å². The summed E-state index contributed by atoms with van der Waals surface area (Å²) in [5.41, 5.74) is 0.850. The Balaban J connectivity index is 2.86. The first-order valence-corrected chi connectivity index (χ1v) is 6.24. The van der Waals surface area contributed by atoms with Crippen LogP contribution >= 0.6 is 12.6 Å². The van der Waals surface area contributed by atoms with Gasteiger partial charge in [-0.05, 0) is 25.5 Å². The first-order valence-electron chi connectivity index (χ1n) is 5.60. The van der Waals surface area contributed by atoms with Crippen LogP contribution < -0.4 is 5.32 Å². The number of nitrogens with zero attached hydrogens (tertiary/aromatic N) is 1. The van der Waals surface area contributed by atoms with Gasteiger partial charge in [0.25, 0.3) is 5.91 Å². The van der Waals surface area contributed by atoms with Crippen molar-refractivity contribution in [2.24, 2.45) is 0 Å². The number of aliphatic carboxylic acids is 1. The summed E-state index contributed by atoms with van der Waals surface area (Å²) in [6, 6.07) is -0.950. The lowest BCUT2D eigenvalue weighted by atomic mass is 10.1. The fraction of sp³-hybridized carbons (Fsp3) is 0.545. The lowest BCUT2D eigenvalue weighted by Crippen LogP contribution is -2.41. The molecule has 0 saturated heterocycles. The van der Waals surface area contributed by atoms with E-state index in [1.165, 1.54) is 0 Å². The highest BCUT2D eigenvalue weighted by Gasteiger charge is 2.24. The van der Waals surface area contributed by atoms with Crippen LogP contribution in [-0.4, -0.2) is 33.9 Å². The maximum absolute atomic E-state index is 12.0. The van der Waals surface area contributed by atoms with Crippen molar-refractivity contribution < 1.29 is 19.2 Å². The van der Waals surface area contributed by atoms with Gasteiger partial charge in [-0.25, -0.2) is 4.79 Å². The Bertz CT molecular complexity index is 444. The van der Waals surface area contributed by atoms with E-state index >= 15 is 0 Å². The van der Waals surface area contributed by atoms with Crippen molar-refractivity contribution in [2.45, 2.75) is 32.7 Å². The van der Waals surface area contributed by atoms with E-state index in [2.05, 4.69) is 23.1 Å². The van der Waals surface area contributed by atoms with E-state index in [9.17, 15) is 9.59 Å². The van der Waals surface area contributed by atoms with E-state index in [0.717, 1.165) is 0 Å². The summed E-state index contributed by atoms with van der Waals surface area (Å²) in [7, 11) is 0. The van der Waals surface area contributed by atoms with Crippen LogP contribution in [0.2, 0.25) is 0 Å². The van der Waals surface area contributed by atoms with E-state index in [1.54, 1.807) is 6.92 Å². The summed E-state index contributed by atoms with van der Waals surface area (Å²) in [6.45, 7) is 3.46. The minimum atomic E-state index is -1.08. The Morgan fingerprint density at radius 2 is 2.22 bits per heavy atom. The lowest BCUT2D eigenvalue weighted by Gasteiger charge is -2.13. The van der Waals surface area contributed by atoms with Crippen LogP contribution in [0.15, 0.2) is 4.52 Å². The second-order valence-corrected chi connectivity index (χ2v) is 4.24. The van der Waals surface area contributed by atoms with Gasteiger partial charge in [0.2, 0.25) is 0 Å². The van der Waals surface area contributed by atoms with E-state index in [0.29, 0.717) is 29.2 Å². The average Bonchev–Trinajstić information content (AvgIpc) is 2.69. The highest BCUT2D eigenvalue weighted by Crippen LogP contribution is 2.14. The number of thiol groups is 1. The van der Waals surface area contributed by atoms with Crippen LogP contribution in [-0.2, 0) is 11.2 Å². The van der Waals surface area contributed by atoms with Gasteiger partial charge >= 0.3 is 5.97 Å². The Hall–Kier alpha value is -1.50. The van der Waals surface area contributed by atoms with E-state index in [4.69, 9.17) is 9.63 Å². The molecule has 0 aromatic carbocycles. The SMILES string of the molecule is CCc1noc(C)c1C(=O)NC(CCS)C(=O)O. The zero-order valence-electron chi connectivity index (χ0n) is 10.3. The monoisotopic (exact) mass is 272 g/mol. The van der Waals surface area contributed by atoms with Gasteiger partial charge in [-0.2, -0.15) is 12.6 Å². The number of carbonyl (C=O) groups is 2. The highest BCUT2D eigenvalue weighted by atomic mass is 32.1. The molecule has 100 valence electrons. The fourth-order valence-electron chi connectivity index (χ4n) is 1.57. The molecule has 0 aliphatic carbocycles. The van der Waals surface area contributed by atoms with Crippen LogP contribution in [0.3, 0.4) is 0 Å². The number of hydrogen-bond acceptors (Lipinski definition) is 5. The molecular formula is C11H16N2O4S. The Morgan fingerprint density at radius 3 is 2.72 bits per heavy atom. The third-order valence-corrected chi connectivity index (χ3v) is 2.77. The van der Waals surface area contributed by atoms with Crippen molar-refractivity contribution in [3.63, 3.8) is 0 Å². The van der Waals surface area contributed by atoms with Crippen molar-refractivity contribution >= 4 is 24.5 Å². The molecule has 18 heavy (non-hydrogen) atoms. The van der Waals surface area contributed by atoms with Crippen LogP contribution in [0.5, 0.6) is 0 Å². The molecule has 1 amide bonds. The van der Waals surface area contributed by atoms with Crippen LogP contribution in [0.1, 0.15) is 35.2 Å². The zero-order chi connectivity index (χ0) is 13.7. The van der Waals surface area contributed by atoms with Gasteiger partial charge in [0.1, 0.15) is 17.4 Å². The molecule has 1 aromatic heterocycles. The second kappa shape index (κ2) is 6.44. The molecular weight excluding hydrogens is 256 g/mol. The molecule has 1 unspecified atom stereocenters. The number of aryl methyl sites for hydroxylation is 2. The molecule has 0 saturated carbocycles. The van der Waals surface area contributed by atoms with Crippen molar-refractivity contribution in [3.8, 4) is 0 Å². The second-order valence-electron chi connectivity index (χ2n) is 3.79. The third kappa shape index (κ3) is 3.25. The molecule has 0 bridgehead atoms. The van der Waals surface area contributed by atoms with E-state index in [1.807, 2.05) is 6.92 Å². The number of carboxylic acids is 1. The quantitative estimate of drug-likeness (QED) is 0.673. The Morgan fingerprint density at radius 1 is 1.56 bits per heavy atom. The van der Waals surface area contributed by atoms with Gasteiger partial charge in [-0.15, -0.1) is 0 Å². The number of carboxylic acid groups (broad SMARTS) is 1. The van der Waals surface area contributed by atoms with Gasteiger partial charge in [-0.1, -0.05) is 12.1 Å². The first-order chi connectivity index (χ1) is 8.51. The van der Waals surface area contributed by atoms with Crippen LogP contribution in [0.25, 0.3) is 0 Å². The Labute approximate surface area is 110 Å². The molecule has 0 aliphatic rings. The largest absolute Gasteiger partial charge is 0.480 e. The van der Waals surface area contributed by atoms with Gasteiger partial charge < -0.3 is 14.9 Å². The molecule has 2 N–H and O–H groups in total. The van der Waals surface area contributed by atoms with Crippen LogP contribution in [0.4, 0.5) is 0 Å². The van der Waals surface area contributed by atoms with E-state index in [-0.39, 0.29) is 6.42 Å². The zero-order valence-corrected chi connectivity index (χ0v) is 11.2. The highest BCUT2D eigenvalue weighted by molar-refractivity contribution is 7.80. The molecule has 0 fully saturated rings. The topological polar surface area (TPSA) is 92.4 Å². The smallest absolute Gasteiger partial charge is 0.326 e. The molecule has 0 spiro atoms. The van der Waals surface area contributed by atoms with E-state index < -0.39 is 17.9 Å². The number of carbonyl (C=O) groups excluding carboxylic acids is 1. The molecule has 0 radical (unpaired) electrons. The number of rotatable bonds is 6. The summed E-state index contributed by atoms with van der Waals surface area (Å²) >= 11 is 3.97. The predicted octanol–water partition coefficient (Wildman–Crippen LogP) is 1.05. The minimum absolute atomic E-state index is 0.260. The fourth-order valence-corrected chi connectivity index (χ4v) is 1.83. The summed E-state index contributed by atoms with van der Waals surface area (Å²) in [5.74, 6) is -0.788. The summed E-state index contributed by atoms with van der Waals surface area (Å²) in [5, 5.41) is 15.2. The molecule has 1 atom stereocenters. The number of hydrogen-bond donors (Lipinski definition) is 3. The molecule has 6 nitrogen and oxygen atoms in total. The molecule has 7 heteroatoms. The first kappa shape index (κ1) is 14.6. The molecule has 1 rings (SSSR count). The molecule has 1 aromatic rings. The van der Waals surface area contributed by atoms with Crippen molar-refractivity contribution in [2.75, 3.05) is 5.75 Å². The van der Waals surface area contributed by atoms with Crippen molar-refractivity contribution in [1.29, 1.82) is 0 Å². The molecule has 1 heterocycles. The normalized spacial score (nSPS) is 12.2. The van der Waals surface area contributed by atoms with Crippen molar-refractivity contribution in [3.05, 3.63) is 17.0 Å². The number of amides is 1. The van der Waals surface area contributed by atoms with Gasteiger partial charge in [-0.3, -0.25) is 4.79 Å². The predicted molar refractivity (Wildman–Crippen MR) is 68.0 cm³/mol. The number of nitrogens with one attached hydrogen (secondary N) is 1. The van der Waals surface area contributed by atoms with Gasteiger partial charge in [0, 0.05) is 0 Å². The molecule has 0 aliphatic heterocycles. The summed E-state index contributed by atoms with van der Waals surface area (Å²) in [6.07, 6.45) is 0.806. The minimum Gasteiger partial charge on any atom is -0.480 e.